The Kier molecular flexibility index (Phi) is 10.1. The maximum absolute atomic E-state index is 13.8. The number of rotatable bonds is 13. The van der Waals surface area contributed by atoms with E-state index in [2.05, 4.69) is 5.32 Å². The molecule has 2 fully saturated rings. The number of carbonyl (C=O) groups is 3. The average Bonchev–Trinajstić information content (AvgIpc) is 3.48. The third-order valence-electron chi connectivity index (χ3n) is 7.64. The SMILES string of the molecule is CCOC(=O)C(CCc1ccccc1)N[C@@H](CCCCN)C(=O)N1CCC2(CCCC2)C1C(=O)O. The van der Waals surface area contributed by atoms with Crippen LogP contribution in [0.4, 0.5) is 0 Å². The fraction of sp³-hybridized carbons (Fsp3) is 0.667. The van der Waals surface area contributed by atoms with Crippen LogP contribution < -0.4 is 11.1 Å². The number of carboxylic acids is 1. The molecule has 1 aromatic rings. The van der Waals surface area contributed by atoms with Gasteiger partial charge in [-0.25, -0.2) is 4.79 Å². The van der Waals surface area contributed by atoms with Gasteiger partial charge in [0, 0.05) is 12.0 Å². The molecular formula is C27H41N3O5. The summed E-state index contributed by atoms with van der Waals surface area (Å²) in [6.45, 7) is 2.97. The molecule has 4 N–H and O–H groups in total. The minimum atomic E-state index is -0.926. The molecule has 1 amide bonds. The summed E-state index contributed by atoms with van der Waals surface area (Å²) in [7, 11) is 0. The van der Waals surface area contributed by atoms with Gasteiger partial charge in [0.25, 0.3) is 0 Å². The number of nitrogens with two attached hydrogens (primary N) is 1. The summed E-state index contributed by atoms with van der Waals surface area (Å²) in [6, 6.07) is 7.76. The molecule has 1 saturated heterocycles. The number of hydrogen-bond acceptors (Lipinski definition) is 6. The Morgan fingerprint density at radius 2 is 1.83 bits per heavy atom. The molecule has 0 aromatic heterocycles. The number of hydrogen-bond donors (Lipinski definition) is 3. The van der Waals surface area contributed by atoms with Crippen LogP contribution >= 0.6 is 0 Å². The number of benzene rings is 1. The van der Waals surface area contributed by atoms with Gasteiger partial charge < -0.3 is 20.5 Å². The first kappa shape index (κ1) is 27.1. The second-order valence-electron chi connectivity index (χ2n) is 9.92. The third kappa shape index (κ3) is 6.82. The van der Waals surface area contributed by atoms with E-state index in [0.717, 1.165) is 44.1 Å². The van der Waals surface area contributed by atoms with Crippen LogP contribution in [0.3, 0.4) is 0 Å². The molecule has 2 aliphatic rings. The lowest BCUT2D eigenvalue weighted by molar-refractivity contribution is -0.153. The molecule has 1 aromatic carbocycles. The van der Waals surface area contributed by atoms with Crippen molar-refractivity contribution in [3.05, 3.63) is 35.9 Å². The topological polar surface area (TPSA) is 122 Å². The van der Waals surface area contributed by atoms with Crippen molar-refractivity contribution >= 4 is 17.8 Å². The van der Waals surface area contributed by atoms with Crippen LogP contribution in [0.1, 0.15) is 70.3 Å². The first-order chi connectivity index (χ1) is 16.9. The van der Waals surface area contributed by atoms with E-state index in [1.54, 1.807) is 11.8 Å². The van der Waals surface area contributed by atoms with Gasteiger partial charge in [-0.3, -0.25) is 14.9 Å². The third-order valence-corrected chi connectivity index (χ3v) is 7.64. The van der Waals surface area contributed by atoms with Crippen molar-refractivity contribution < 1.29 is 24.2 Å². The summed E-state index contributed by atoms with van der Waals surface area (Å²) in [6.07, 6.45) is 7.54. The van der Waals surface area contributed by atoms with Crippen molar-refractivity contribution in [3.63, 3.8) is 0 Å². The van der Waals surface area contributed by atoms with Gasteiger partial charge in [0.1, 0.15) is 12.1 Å². The highest BCUT2D eigenvalue weighted by Gasteiger charge is 2.54. The lowest BCUT2D eigenvalue weighted by Crippen LogP contribution is -2.56. The number of aryl methyl sites for hydroxylation is 1. The number of carboxylic acid groups (broad SMARTS) is 1. The summed E-state index contributed by atoms with van der Waals surface area (Å²) in [5, 5.41) is 13.4. The van der Waals surface area contributed by atoms with E-state index >= 15 is 0 Å². The average molecular weight is 488 g/mol. The number of nitrogens with one attached hydrogen (secondary N) is 1. The maximum atomic E-state index is 13.8. The quantitative estimate of drug-likeness (QED) is 0.289. The molecule has 1 heterocycles. The predicted octanol–water partition coefficient (Wildman–Crippen LogP) is 2.88. The molecule has 2 unspecified atom stereocenters. The molecule has 1 saturated carbocycles. The zero-order valence-corrected chi connectivity index (χ0v) is 20.9. The molecule has 194 valence electrons. The predicted molar refractivity (Wildman–Crippen MR) is 134 cm³/mol. The number of carbonyl (C=O) groups excluding carboxylic acids is 2. The molecule has 0 bridgehead atoms. The second-order valence-corrected chi connectivity index (χ2v) is 9.92. The van der Waals surface area contributed by atoms with E-state index in [0.29, 0.717) is 38.8 Å². The van der Waals surface area contributed by atoms with Gasteiger partial charge in [0.05, 0.1) is 12.6 Å². The Hall–Kier alpha value is -2.45. The van der Waals surface area contributed by atoms with Crippen molar-refractivity contribution in [2.45, 2.75) is 89.3 Å². The summed E-state index contributed by atoms with van der Waals surface area (Å²) < 4.78 is 5.32. The van der Waals surface area contributed by atoms with Crippen LogP contribution in [0.25, 0.3) is 0 Å². The van der Waals surface area contributed by atoms with Crippen molar-refractivity contribution in [2.24, 2.45) is 11.1 Å². The number of likely N-dealkylation sites (tertiary alicyclic amines) is 1. The highest BCUT2D eigenvalue weighted by Crippen LogP contribution is 2.50. The molecule has 8 nitrogen and oxygen atoms in total. The molecule has 1 aliphatic heterocycles. The van der Waals surface area contributed by atoms with E-state index in [4.69, 9.17) is 10.5 Å². The monoisotopic (exact) mass is 487 g/mol. The molecule has 35 heavy (non-hydrogen) atoms. The van der Waals surface area contributed by atoms with Gasteiger partial charge in [-0.1, -0.05) is 49.6 Å². The zero-order valence-electron chi connectivity index (χ0n) is 20.9. The van der Waals surface area contributed by atoms with Crippen molar-refractivity contribution in [1.29, 1.82) is 0 Å². The lowest BCUT2D eigenvalue weighted by atomic mass is 9.78. The van der Waals surface area contributed by atoms with Gasteiger partial charge >= 0.3 is 11.9 Å². The van der Waals surface area contributed by atoms with E-state index in [-0.39, 0.29) is 23.9 Å². The number of nitrogens with zero attached hydrogens (tertiary/aromatic N) is 1. The Balaban J connectivity index is 1.78. The summed E-state index contributed by atoms with van der Waals surface area (Å²) in [4.78, 5) is 40.5. The summed E-state index contributed by atoms with van der Waals surface area (Å²) >= 11 is 0. The van der Waals surface area contributed by atoms with E-state index < -0.39 is 24.1 Å². The maximum Gasteiger partial charge on any atom is 0.326 e. The standard InChI is InChI=1S/C27H41N3O5/c1-2-35-26(34)22(14-13-20-10-4-3-5-11-20)29-21(12-6-9-18-28)24(31)30-19-17-27(15-7-8-16-27)23(30)25(32)33/h3-5,10-11,21-23,29H,2,6-9,12-19,28H2,1H3,(H,32,33)/t21-,22?,23?/m0/s1. The second kappa shape index (κ2) is 13.0. The van der Waals surface area contributed by atoms with Crippen LogP contribution in [-0.2, 0) is 25.5 Å². The lowest BCUT2D eigenvalue weighted by Gasteiger charge is -2.34. The Morgan fingerprint density at radius 1 is 1.11 bits per heavy atom. The van der Waals surface area contributed by atoms with Gasteiger partial charge in [-0.05, 0) is 64.0 Å². The van der Waals surface area contributed by atoms with Crippen molar-refractivity contribution in [1.82, 2.24) is 10.2 Å². The molecule has 1 spiro atoms. The fourth-order valence-corrected chi connectivity index (χ4v) is 5.86. The number of aliphatic carboxylic acids is 1. The zero-order chi connectivity index (χ0) is 25.3. The van der Waals surface area contributed by atoms with Gasteiger partial charge in [-0.15, -0.1) is 0 Å². The van der Waals surface area contributed by atoms with Crippen molar-refractivity contribution in [3.8, 4) is 0 Å². The molecule has 8 heteroatoms. The number of unbranched alkanes of at least 4 members (excludes halogenated alkanes) is 1. The fourth-order valence-electron chi connectivity index (χ4n) is 5.86. The van der Waals surface area contributed by atoms with Crippen LogP contribution in [0, 0.1) is 5.41 Å². The molecule has 3 rings (SSSR count). The number of esters is 1. The first-order valence-corrected chi connectivity index (χ1v) is 13.1. The van der Waals surface area contributed by atoms with Crippen LogP contribution in [0.5, 0.6) is 0 Å². The van der Waals surface area contributed by atoms with Gasteiger partial charge in [0.2, 0.25) is 5.91 Å². The smallest absolute Gasteiger partial charge is 0.326 e. The highest BCUT2D eigenvalue weighted by atomic mass is 16.5. The van der Waals surface area contributed by atoms with Crippen LogP contribution in [0.15, 0.2) is 30.3 Å². The normalized spacial score (nSPS) is 20.6. The number of amides is 1. The van der Waals surface area contributed by atoms with Gasteiger partial charge in [-0.2, -0.15) is 0 Å². The van der Waals surface area contributed by atoms with Crippen LogP contribution in [-0.4, -0.2) is 65.7 Å². The minimum Gasteiger partial charge on any atom is -0.480 e. The Labute approximate surface area is 208 Å². The Morgan fingerprint density at radius 3 is 2.46 bits per heavy atom. The first-order valence-electron chi connectivity index (χ1n) is 13.1. The summed E-state index contributed by atoms with van der Waals surface area (Å²) in [5.74, 6) is -1.54. The van der Waals surface area contributed by atoms with Crippen molar-refractivity contribution in [2.75, 3.05) is 19.7 Å². The highest BCUT2D eigenvalue weighted by molar-refractivity contribution is 5.89. The Bertz CT molecular complexity index is 840. The molecular weight excluding hydrogens is 446 g/mol. The van der Waals surface area contributed by atoms with Crippen LogP contribution in [0.2, 0.25) is 0 Å². The molecule has 3 atom stereocenters. The largest absolute Gasteiger partial charge is 0.480 e. The van der Waals surface area contributed by atoms with E-state index in [9.17, 15) is 19.5 Å². The summed E-state index contributed by atoms with van der Waals surface area (Å²) in [5.41, 5.74) is 6.46. The van der Waals surface area contributed by atoms with E-state index in [1.165, 1.54) is 0 Å². The minimum absolute atomic E-state index is 0.229. The number of ether oxygens (including phenoxy) is 1. The molecule has 0 radical (unpaired) electrons. The molecule has 1 aliphatic carbocycles. The van der Waals surface area contributed by atoms with Gasteiger partial charge in [0.15, 0.2) is 0 Å². The van der Waals surface area contributed by atoms with E-state index in [1.807, 2.05) is 30.3 Å².